The molecule has 2 rings (SSSR count). The van der Waals surface area contributed by atoms with Gasteiger partial charge in [-0.15, -0.1) is 11.3 Å². The predicted molar refractivity (Wildman–Crippen MR) is 55.1 cm³/mol. The first-order valence-corrected chi connectivity index (χ1v) is 5.64. The Morgan fingerprint density at radius 1 is 1.46 bits per heavy atom. The zero-order chi connectivity index (χ0) is 9.10. The van der Waals surface area contributed by atoms with E-state index in [0.717, 1.165) is 6.54 Å². The van der Waals surface area contributed by atoms with Crippen molar-refractivity contribution in [2.24, 2.45) is 0 Å². The predicted octanol–water partition coefficient (Wildman–Crippen LogP) is 1.32. The van der Waals surface area contributed by atoms with Crippen LogP contribution in [-0.2, 0) is 19.4 Å². The van der Waals surface area contributed by atoms with Gasteiger partial charge in [-0.3, -0.25) is 0 Å². The Balaban J connectivity index is 1.91. The fraction of sp³-hybridized carbons (Fsp3) is 0.600. The molecule has 0 aliphatic heterocycles. The van der Waals surface area contributed by atoms with Crippen LogP contribution in [0.1, 0.15) is 21.7 Å². The second-order valence-electron chi connectivity index (χ2n) is 3.42. The minimum Gasteiger partial charge on any atom is -0.395 e. The van der Waals surface area contributed by atoms with Crippen molar-refractivity contribution < 1.29 is 5.11 Å². The molecule has 1 aliphatic carbocycles. The van der Waals surface area contributed by atoms with Gasteiger partial charge in [-0.25, -0.2) is 0 Å². The van der Waals surface area contributed by atoms with Crippen LogP contribution in [0.2, 0.25) is 0 Å². The Labute approximate surface area is 82.6 Å². The van der Waals surface area contributed by atoms with Gasteiger partial charge in [0.05, 0.1) is 6.61 Å². The first-order valence-electron chi connectivity index (χ1n) is 4.82. The fourth-order valence-corrected chi connectivity index (χ4v) is 3.00. The van der Waals surface area contributed by atoms with E-state index in [4.69, 9.17) is 5.11 Å². The Morgan fingerprint density at radius 2 is 2.38 bits per heavy atom. The summed E-state index contributed by atoms with van der Waals surface area (Å²) < 4.78 is 0. The summed E-state index contributed by atoms with van der Waals surface area (Å²) >= 11 is 1.93. The molecule has 0 spiro atoms. The zero-order valence-corrected chi connectivity index (χ0v) is 8.49. The van der Waals surface area contributed by atoms with Crippen LogP contribution in [0.3, 0.4) is 0 Å². The number of nitrogens with one attached hydrogen (secondary N) is 1. The summed E-state index contributed by atoms with van der Waals surface area (Å²) in [5, 5.41) is 11.8. The maximum Gasteiger partial charge on any atom is 0.0556 e. The third-order valence-electron chi connectivity index (χ3n) is 2.39. The van der Waals surface area contributed by atoms with Gasteiger partial charge >= 0.3 is 0 Å². The highest BCUT2D eigenvalue weighted by molar-refractivity contribution is 7.12. The molecule has 13 heavy (non-hydrogen) atoms. The molecule has 1 aliphatic rings. The fourth-order valence-electron chi connectivity index (χ4n) is 1.77. The minimum atomic E-state index is 0.227. The first-order chi connectivity index (χ1) is 6.40. The normalized spacial score (nSPS) is 14.8. The number of hydrogen-bond donors (Lipinski definition) is 2. The van der Waals surface area contributed by atoms with Crippen molar-refractivity contribution in [1.82, 2.24) is 5.32 Å². The van der Waals surface area contributed by atoms with Crippen molar-refractivity contribution >= 4 is 11.3 Å². The summed E-state index contributed by atoms with van der Waals surface area (Å²) in [7, 11) is 0. The van der Waals surface area contributed by atoms with Gasteiger partial charge in [0.2, 0.25) is 0 Å². The highest BCUT2D eigenvalue weighted by Gasteiger charge is 2.13. The average Bonchev–Trinajstić information content (AvgIpc) is 2.64. The van der Waals surface area contributed by atoms with E-state index in [1.807, 2.05) is 11.3 Å². The number of aliphatic hydroxyl groups excluding tert-OH is 1. The van der Waals surface area contributed by atoms with Gasteiger partial charge in [0.15, 0.2) is 0 Å². The van der Waals surface area contributed by atoms with Crippen molar-refractivity contribution in [3.05, 3.63) is 21.4 Å². The monoisotopic (exact) mass is 197 g/mol. The molecule has 0 amide bonds. The molecule has 0 saturated heterocycles. The molecule has 1 heterocycles. The summed E-state index contributed by atoms with van der Waals surface area (Å²) in [5.74, 6) is 0. The lowest BCUT2D eigenvalue weighted by molar-refractivity contribution is 0.292. The number of aliphatic hydroxyl groups is 1. The lowest BCUT2D eigenvalue weighted by Gasteiger charge is -1.98. The molecule has 0 aromatic carbocycles. The van der Waals surface area contributed by atoms with Gasteiger partial charge < -0.3 is 10.4 Å². The van der Waals surface area contributed by atoms with Crippen molar-refractivity contribution in [2.45, 2.75) is 25.8 Å². The van der Waals surface area contributed by atoms with Crippen LogP contribution in [0.5, 0.6) is 0 Å². The molecule has 2 nitrogen and oxygen atoms in total. The van der Waals surface area contributed by atoms with Crippen molar-refractivity contribution in [1.29, 1.82) is 0 Å². The van der Waals surface area contributed by atoms with E-state index in [1.165, 1.54) is 24.1 Å². The highest BCUT2D eigenvalue weighted by atomic mass is 32.1. The number of aryl methyl sites for hydroxylation is 2. The van der Waals surface area contributed by atoms with Gasteiger partial charge in [0.25, 0.3) is 0 Å². The SMILES string of the molecule is OCCNCc1cc2c(s1)CCC2. The van der Waals surface area contributed by atoms with Gasteiger partial charge in [0, 0.05) is 22.8 Å². The summed E-state index contributed by atoms with van der Waals surface area (Å²) in [6.07, 6.45) is 3.89. The second-order valence-corrected chi connectivity index (χ2v) is 4.64. The van der Waals surface area contributed by atoms with Crippen LogP contribution < -0.4 is 5.32 Å². The van der Waals surface area contributed by atoms with Crippen LogP contribution in [0.25, 0.3) is 0 Å². The summed E-state index contributed by atoms with van der Waals surface area (Å²) in [5.41, 5.74) is 1.56. The molecular weight excluding hydrogens is 182 g/mol. The van der Waals surface area contributed by atoms with Gasteiger partial charge in [0.1, 0.15) is 0 Å². The molecule has 1 aromatic rings. The minimum absolute atomic E-state index is 0.227. The van der Waals surface area contributed by atoms with Crippen LogP contribution in [0.4, 0.5) is 0 Å². The molecule has 0 bridgehead atoms. The van der Waals surface area contributed by atoms with Crippen molar-refractivity contribution in [3.8, 4) is 0 Å². The van der Waals surface area contributed by atoms with E-state index in [1.54, 1.807) is 10.4 Å². The van der Waals surface area contributed by atoms with Gasteiger partial charge in [-0.05, 0) is 30.9 Å². The summed E-state index contributed by atoms with van der Waals surface area (Å²) in [4.78, 5) is 3.00. The highest BCUT2D eigenvalue weighted by Crippen LogP contribution is 2.30. The summed E-state index contributed by atoms with van der Waals surface area (Å²) in [6.45, 7) is 1.84. The topological polar surface area (TPSA) is 32.3 Å². The zero-order valence-electron chi connectivity index (χ0n) is 7.68. The van der Waals surface area contributed by atoms with Crippen molar-refractivity contribution in [3.63, 3.8) is 0 Å². The average molecular weight is 197 g/mol. The first kappa shape index (κ1) is 9.19. The molecule has 0 atom stereocenters. The standard InChI is InChI=1S/C10H15NOS/c12-5-4-11-7-9-6-8-2-1-3-10(8)13-9/h6,11-12H,1-5,7H2. The largest absolute Gasteiger partial charge is 0.395 e. The Bertz CT molecular complexity index is 261. The maximum absolute atomic E-state index is 8.60. The number of thiophene rings is 1. The summed E-state index contributed by atoms with van der Waals surface area (Å²) in [6, 6.07) is 2.32. The van der Waals surface area contributed by atoms with Crippen molar-refractivity contribution in [2.75, 3.05) is 13.2 Å². The lowest BCUT2D eigenvalue weighted by atomic mass is 10.2. The molecular formula is C10H15NOS. The second kappa shape index (κ2) is 4.22. The Kier molecular flexibility index (Phi) is 2.98. The number of hydrogen-bond acceptors (Lipinski definition) is 3. The Morgan fingerprint density at radius 3 is 3.15 bits per heavy atom. The van der Waals surface area contributed by atoms with Crippen LogP contribution >= 0.6 is 11.3 Å². The number of fused-ring (bicyclic) bond motifs is 1. The quantitative estimate of drug-likeness (QED) is 0.713. The third kappa shape index (κ3) is 2.10. The van der Waals surface area contributed by atoms with Crippen LogP contribution in [0.15, 0.2) is 6.07 Å². The molecule has 1 aromatic heterocycles. The molecule has 0 radical (unpaired) electrons. The molecule has 72 valence electrons. The van der Waals surface area contributed by atoms with E-state index >= 15 is 0 Å². The number of rotatable bonds is 4. The lowest BCUT2D eigenvalue weighted by Crippen LogP contribution is -2.16. The van der Waals surface area contributed by atoms with E-state index in [0.29, 0.717) is 6.54 Å². The van der Waals surface area contributed by atoms with E-state index in [2.05, 4.69) is 11.4 Å². The van der Waals surface area contributed by atoms with E-state index in [9.17, 15) is 0 Å². The smallest absolute Gasteiger partial charge is 0.0556 e. The molecule has 0 saturated carbocycles. The Hall–Kier alpha value is -0.380. The molecule has 0 unspecified atom stereocenters. The molecule has 0 fully saturated rings. The van der Waals surface area contributed by atoms with Gasteiger partial charge in [-0.2, -0.15) is 0 Å². The maximum atomic E-state index is 8.60. The van der Waals surface area contributed by atoms with Gasteiger partial charge in [-0.1, -0.05) is 0 Å². The van der Waals surface area contributed by atoms with E-state index in [-0.39, 0.29) is 6.61 Å². The van der Waals surface area contributed by atoms with E-state index < -0.39 is 0 Å². The molecule has 3 heteroatoms. The van der Waals surface area contributed by atoms with Crippen LogP contribution in [0, 0.1) is 0 Å². The van der Waals surface area contributed by atoms with Crippen LogP contribution in [-0.4, -0.2) is 18.3 Å². The molecule has 2 N–H and O–H groups in total. The third-order valence-corrected chi connectivity index (χ3v) is 3.62.